The predicted octanol–water partition coefficient (Wildman–Crippen LogP) is 2.77. The lowest BCUT2D eigenvalue weighted by Crippen LogP contribution is -1.97. The van der Waals surface area contributed by atoms with E-state index in [4.69, 9.17) is 4.74 Å². The molecule has 0 amide bonds. The Morgan fingerprint density at radius 2 is 2.64 bits per heavy atom. The number of aryl methyl sites for hydroxylation is 1. The molecule has 0 unspecified atom stereocenters. The van der Waals surface area contributed by atoms with Gasteiger partial charge in [-0.25, -0.2) is 4.98 Å². The van der Waals surface area contributed by atoms with Gasteiger partial charge < -0.3 is 4.74 Å². The summed E-state index contributed by atoms with van der Waals surface area (Å²) in [6.07, 6.45) is 5.12. The summed E-state index contributed by atoms with van der Waals surface area (Å²) in [7, 11) is 0. The Bertz CT molecular complexity index is 302. The van der Waals surface area contributed by atoms with E-state index in [-0.39, 0.29) is 0 Å². The third-order valence-corrected chi connectivity index (χ3v) is 3.51. The number of hydrogen-bond donors (Lipinski definition) is 0. The number of rotatable bonds is 4. The van der Waals surface area contributed by atoms with E-state index >= 15 is 0 Å². The molecule has 1 fully saturated rings. The molecule has 0 radical (unpaired) electrons. The first-order chi connectivity index (χ1) is 6.90. The zero-order valence-electron chi connectivity index (χ0n) is 8.24. The van der Waals surface area contributed by atoms with Crippen LogP contribution in [0, 0.1) is 0 Å². The molecule has 0 bridgehead atoms. The zero-order chi connectivity index (χ0) is 9.80. The largest absolute Gasteiger partial charge is 0.381 e. The topological polar surface area (TPSA) is 22.1 Å². The van der Waals surface area contributed by atoms with E-state index in [0.717, 1.165) is 32.5 Å². The van der Waals surface area contributed by atoms with Gasteiger partial charge in [-0.2, -0.15) is 0 Å². The molecule has 1 aromatic rings. The van der Waals surface area contributed by atoms with Gasteiger partial charge >= 0.3 is 0 Å². The van der Waals surface area contributed by atoms with E-state index in [9.17, 15) is 0 Å². The molecule has 1 aromatic heterocycles. The summed E-state index contributed by atoms with van der Waals surface area (Å²) >= 11 is 1.77. The van der Waals surface area contributed by atoms with Gasteiger partial charge in [-0.05, 0) is 19.3 Å². The number of allylic oxidation sites excluding steroid dienone is 1. The van der Waals surface area contributed by atoms with Crippen molar-refractivity contribution in [2.75, 3.05) is 13.2 Å². The van der Waals surface area contributed by atoms with Crippen molar-refractivity contribution in [3.63, 3.8) is 0 Å². The first-order valence-electron chi connectivity index (χ1n) is 5.03. The molecule has 2 heterocycles. The second kappa shape index (κ2) is 4.71. The van der Waals surface area contributed by atoms with Crippen LogP contribution in [0.5, 0.6) is 0 Å². The van der Waals surface area contributed by atoms with Crippen molar-refractivity contribution in [3.8, 4) is 0 Å². The summed E-state index contributed by atoms with van der Waals surface area (Å²) in [6.45, 7) is 5.47. The molecule has 2 rings (SSSR count). The second-order valence-electron chi connectivity index (χ2n) is 3.56. The molecule has 1 aliphatic rings. The molecule has 2 nitrogen and oxygen atoms in total. The molecule has 0 aromatic carbocycles. The molecule has 3 heteroatoms. The molecule has 76 valence electrons. The Hall–Kier alpha value is -0.670. The van der Waals surface area contributed by atoms with Crippen molar-refractivity contribution in [3.05, 3.63) is 28.7 Å². The standard InChI is InChI=1S/C11H15NOS/c1-2-3-4-10-8-14-11(12-10)9-5-6-13-7-9/h2,8-9H,1,3-7H2/t9-/m1/s1. The normalized spacial score (nSPS) is 21.3. The molecule has 1 aliphatic heterocycles. The van der Waals surface area contributed by atoms with Gasteiger partial charge in [-0.1, -0.05) is 6.08 Å². The van der Waals surface area contributed by atoms with E-state index in [1.165, 1.54) is 10.7 Å². The van der Waals surface area contributed by atoms with Crippen LogP contribution in [0.3, 0.4) is 0 Å². The van der Waals surface area contributed by atoms with Crippen LogP contribution in [0.4, 0.5) is 0 Å². The van der Waals surface area contributed by atoms with Crippen LogP contribution in [0.2, 0.25) is 0 Å². The lowest BCUT2D eigenvalue weighted by molar-refractivity contribution is 0.194. The smallest absolute Gasteiger partial charge is 0.0983 e. The molecule has 1 atom stereocenters. The van der Waals surface area contributed by atoms with Gasteiger partial charge in [-0.15, -0.1) is 17.9 Å². The van der Waals surface area contributed by atoms with Crippen molar-refractivity contribution in [1.82, 2.24) is 4.98 Å². The van der Waals surface area contributed by atoms with Crippen LogP contribution in [-0.2, 0) is 11.2 Å². The van der Waals surface area contributed by atoms with Gasteiger partial charge in [0.15, 0.2) is 0 Å². The quantitative estimate of drug-likeness (QED) is 0.711. The molecule has 1 saturated heterocycles. The van der Waals surface area contributed by atoms with Crippen LogP contribution in [0.15, 0.2) is 18.0 Å². The van der Waals surface area contributed by atoms with Crippen molar-refractivity contribution in [2.24, 2.45) is 0 Å². The number of aromatic nitrogens is 1. The maximum Gasteiger partial charge on any atom is 0.0983 e. The minimum Gasteiger partial charge on any atom is -0.381 e. The first kappa shape index (κ1) is 9.87. The molecule has 14 heavy (non-hydrogen) atoms. The summed E-state index contributed by atoms with van der Waals surface area (Å²) in [5, 5.41) is 3.42. The summed E-state index contributed by atoms with van der Waals surface area (Å²) in [6, 6.07) is 0. The van der Waals surface area contributed by atoms with Crippen LogP contribution in [0.1, 0.15) is 29.5 Å². The SMILES string of the molecule is C=CCCc1csc([C@@H]2CCOC2)n1. The van der Waals surface area contributed by atoms with E-state index in [0.29, 0.717) is 5.92 Å². The Morgan fingerprint density at radius 1 is 1.71 bits per heavy atom. The molecular weight excluding hydrogens is 194 g/mol. The number of hydrogen-bond acceptors (Lipinski definition) is 3. The highest BCUT2D eigenvalue weighted by molar-refractivity contribution is 7.09. The summed E-state index contributed by atoms with van der Waals surface area (Å²) in [4.78, 5) is 4.62. The lowest BCUT2D eigenvalue weighted by Gasteiger charge is -2.00. The number of thiazole rings is 1. The van der Waals surface area contributed by atoms with Gasteiger partial charge in [0, 0.05) is 17.9 Å². The minimum atomic E-state index is 0.553. The van der Waals surface area contributed by atoms with Crippen molar-refractivity contribution < 1.29 is 4.74 Å². The molecule has 0 saturated carbocycles. The van der Waals surface area contributed by atoms with Crippen LogP contribution < -0.4 is 0 Å². The van der Waals surface area contributed by atoms with Crippen LogP contribution in [0.25, 0.3) is 0 Å². The van der Waals surface area contributed by atoms with Gasteiger partial charge in [0.1, 0.15) is 0 Å². The number of nitrogens with zero attached hydrogens (tertiary/aromatic N) is 1. The summed E-state index contributed by atoms with van der Waals surface area (Å²) in [5.41, 5.74) is 1.21. The van der Waals surface area contributed by atoms with Crippen molar-refractivity contribution in [2.45, 2.75) is 25.2 Å². The maximum absolute atomic E-state index is 5.35. The van der Waals surface area contributed by atoms with Crippen molar-refractivity contribution >= 4 is 11.3 Å². The van der Waals surface area contributed by atoms with Gasteiger partial charge in [0.05, 0.1) is 17.3 Å². The lowest BCUT2D eigenvalue weighted by atomic mass is 10.1. The Balaban J connectivity index is 1.97. The highest BCUT2D eigenvalue weighted by Crippen LogP contribution is 2.27. The molecular formula is C11H15NOS. The van der Waals surface area contributed by atoms with E-state index in [1.54, 1.807) is 11.3 Å². The Labute approximate surface area is 88.6 Å². The van der Waals surface area contributed by atoms with Gasteiger partial charge in [0.25, 0.3) is 0 Å². The predicted molar refractivity (Wildman–Crippen MR) is 58.8 cm³/mol. The van der Waals surface area contributed by atoms with E-state index in [1.807, 2.05) is 6.08 Å². The van der Waals surface area contributed by atoms with Gasteiger partial charge in [0.2, 0.25) is 0 Å². The van der Waals surface area contributed by atoms with E-state index < -0.39 is 0 Å². The van der Waals surface area contributed by atoms with Crippen LogP contribution >= 0.6 is 11.3 Å². The second-order valence-corrected chi connectivity index (χ2v) is 4.45. The Morgan fingerprint density at radius 3 is 3.36 bits per heavy atom. The monoisotopic (exact) mass is 209 g/mol. The Kier molecular flexibility index (Phi) is 3.32. The molecule has 0 N–H and O–H groups in total. The first-order valence-corrected chi connectivity index (χ1v) is 5.91. The average Bonchev–Trinajstić information content (AvgIpc) is 2.85. The third-order valence-electron chi connectivity index (χ3n) is 2.45. The number of ether oxygens (including phenoxy) is 1. The third kappa shape index (κ3) is 2.22. The summed E-state index contributed by atoms with van der Waals surface area (Å²) < 4.78 is 5.35. The summed E-state index contributed by atoms with van der Waals surface area (Å²) in [5.74, 6) is 0.553. The fourth-order valence-electron chi connectivity index (χ4n) is 1.60. The molecule has 0 aliphatic carbocycles. The molecule has 0 spiro atoms. The highest BCUT2D eigenvalue weighted by atomic mass is 32.1. The fraction of sp³-hybridized carbons (Fsp3) is 0.545. The maximum atomic E-state index is 5.35. The van der Waals surface area contributed by atoms with E-state index in [2.05, 4.69) is 16.9 Å². The minimum absolute atomic E-state index is 0.553. The highest BCUT2D eigenvalue weighted by Gasteiger charge is 2.20. The van der Waals surface area contributed by atoms with Gasteiger partial charge in [-0.3, -0.25) is 0 Å². The fourth-order valence-corrected chi connectivity index (χ4v) is 2.58. The van der Waals surface area contributed by atoms with Crippen molar-refractivity contribution in [1.29, 1.82) is 0 Å². The average molecular weight is 209 g/mol. The zero-order valence-corrected chi connectivity index (χ0v) is 9.05. The van der Waals surface area contributed by atoms with Crippen LogP contribution in [-0.4, -0.2) is 18.2 Å².